The molecule has 0 radical (unpaired) electrons. The molecule has 0 saturated heterocycles. The fourth-order valence-electron chi connectivity index (χ4n) is 2.92. The summed E-state index contributed by atoms with van der Waals surface area (Å²) in [4.78, 5) is 13.6. The molecule has 1 aliphatic rings. The first-order chi connectivity index (χ1) is 10.4. The van der Waals surface area contributed by atoms with E-state index in [-0.39, 0.29) is 12.6 Å². The van der Waals surface area contributed by atoms with E-state index in [9.17, 15) is 4.79 Å². The zero-order valence-corrected chi connectivity index (χ0v) is 14.7. The molecule has 0 aliphatic heterocycles. The van der Waals surface area contributed by atoms with Gasteiger partial charge in [-0.3, -0.25) is 0 Å². The zero-order chi connectivity index (χ0) is 16.2. The standard InChI is InChI=1S/C16H20Cl3NO2/c1-20(15(21)22-11-16(17,18)19)14-9-7-13(8-10-14)12-5-3-2-4-6-12/h2-6,13-14H,7-11H2,1H3/t13-,14-. The molecule has 6 heteroatoms. The van der Waals surface area contributed by atoms with E-state index in [1.807, 2.05) is 6.07 Å². The lowest BCUT2D eigenvalue weighted by molar-refractivity contribution is 0.0889. The maximum atomic E-state index is 12.0. The van der Waals surface area contributed by atoms with Crippen molar-refractivity contribution in [3.8, 4) is 0 Å². The van der Waals surface area contributed by atoms with E-state index in [1.165, 1.54) is 5.56 Å². The first kappa shape index (κ1) is 17.7. The van der Waals surface area contributed by atoms with Crippen molar-refractivity contribution in [3.05, 3.63) is 35.9 Å². The number of alkyl halides is 3. The van der Waals surface area contributed by atoms with E-state index >= 15 is 0 Å². The van der Waals surface area contributed by atoms with Gasteiger partial charge in [0.2, 0.25) is 3.79 Å². The molecule has 1 aliphatic carbocycles. The Labute approximate surface area is 146 Å². The van der Waals surface area contributed by atoms with Crippen LogP contribution < -0.4 is 0 Å². The molecule has 2 rings (SSSR count). The van der Waals surface area contributed by atoms with Gasteiger partial charge in [-0.05, 0) is 37.2 Å². The predicted molar refractivity (Wildman–Crippen MR) is 90.8 cm³/mol. The fourth-order valence-corrected chi connectivity index (χ4v) is 3.08. The minimum atomic E-state index is -1.57. The summed E-state index contributed by atoms with van der Waals surface area (Å²) in [6, 6.07) is 10.7. The van der Waals surface area contributed by atoms with Gasteiger partial charge in [0.1, 0.15) is 6.61 Å². The van der Waals surface area contributed by atoms with Crippen LogP contribution in [0.3, 0.4) is 0 Å². The smallest absolute Gasteiger partial charge is 0.409 e. The topological polar surface area (TPSA) is 29.5 Å². The van der Waals surface area contributed by atoms with Crippen molar-refractivity contribution in [2.75, 3.05) is 13.7 Å². The first-order valence-corrected chi connectivity index (χ1v) is 8.51. The number of hydrogen-bond acceptors (Lipinski definition) is 2. The molecule has 0 bridgehead atoms. The van der Waals surface area contributed by atoms with Crippen LogP contribution in [0.2, 0.25) is 0 Å². The second-order valence-electron chi connectivity index (χ2n) is 5.70. The summed E-state index contributed by atoms with van der Waals surface area (Å²) in [5.74, 6) is 0.572. The Morgan fingerprint density at radius 3 is 2.32 bits per heavy atom. The number of ether oxygens (including phenoxy) is 1. The van der Waals surface area contributed by atoms with Gasteiger partial charge in [0.05, 0.1) is 0 Å². The highest BCUT2D eigenvalue weighted by Gasteiger charge is 2.29. The normalized spacial score (nSPS) is 22.2. The van der Waals surface area contributed by atoms with Crippen LogP contribution in [0, 0.1) is 0 Å². The molecule has 122 valence electrons. The molecule has 0 unspecified atom stereocenters. The number of halogens is 3. The van der Waals surface area contributed by atoms with Crippen LogP contribution in [-0.2, 0) is 4.74 Å². The lowest BCUT2D eigenvalue weighted by Gasteiger charge is -2.34. The molecule has 1 aromatic carbocycles. The van der Waals surface area contributed by atoms with Crippen molar-refractivity contribution in [1.82, 2.24) is 4.90 Å². The molecule has 3 nitrogen and oxygen atoms in total. The Bertz CT molecular complexity index is 482. The average molecular weight is 365 g/mol. The van der Waals surface area contributed by atoms with E-state index in [2.05, 4.69) is 24.3 Å². The zero-order valence-electron chi connectivity index (χ0n) is 12.5. The molecule has 0 atom stereocenters. The number of nitrogens with zero attached hydrogens (tertiary/aromatic N) is 1. The molecule has 1 fully saturated rings. The van der Waals surface area contributed by atoms with Crippen LogP contribution >= 0.6 is 34.8 Å². The molecule has 0 spiro atoms. The first-order valence-electron chi connectivity index (χ1n) is 7.38. The molecule has 0 heterocycles. The van der Waals surface area contributed by atoms with Gasteiger partial charge in [0, 0.05) is 13.1 Å². The molecular formula is C16H20Cl3NO2. The summed E-state index contributed by atoms with van der Waals surface area (Å²) in [7, 11) is 1.74. The highest BCUT2D eigenvalue weighted by atomic mass is 35.6. The van der Waals surface area contributed by atoms with Crippen LogP contribution in [0.4, 0.5) is 4.79 Å². The number of hydrogen-bond donors (Lipinski definition) is 0. The predicted octanol–water partition coefficient (Wildman–Crippen LogP) is 5.15. The minimum absolute atomic E-state index is 0.183. The van der Waals surface area contributed by atoms with Crippen molar-refractivity contribution in [3.63, 3.8) is 0 Å². The Hall–Kier alpha value is -0.640. The molecule has 0 N–H and O–H groups in total. The molecule has 0 aromatic heterocycles. The quantitative estimate of drug-likeness (QED) is 0.694. The van der Waals surface area contributed by atoms with Crippen LogP contribution in [0.5, 0.6) is 0 Å². The summed E-state index contributed by atoms with van der Waals surface area (Å²) < 4.78 is 3.46. The second-order valence-corrected chi connectivity index (χ2v) is 8.21. The summed E-state index contributed by atoms with van der Waals surface area (Å²) >= 11 is 16.8. The summed E-state index contributed by atoms with van der Waals surface area (Å²) in [6.45, 7) is -0.236. The fraction of sp³-hybridized carbons (Fsp3) is 0.562. The van der Waals surface area contributed by atoms with E-state index in [0.717, 1.165) is 25.7 Å². The van der Waals surface area contributed by atoms with Crippen LogP contribution in [0.15, 0.2) is 30.3 Å². The van der Waals surface area contributed by atoms with Gasteiger partial charge >= 0.3 is 6.09 Å². The van der Waals surface area contributed by atoms with E-state index in [1.54, 1.807) is 11.9 Å². The summed E-state index contributed by atoms with van der Waals surface area (Å²) in [5, 5.41) is 0. The Balaban J connectivity index is 1.82. The summed E-state index contributed by atoms with van der Waals surface area (Å²) in [6.07, 6.45) is 3.61. The second kappa shape index (κ2) is 7.76. The maximum Gasteiger partial charge on any atom is 0.409 e. The lowest BCUT2D eigenvalue weighted by atomic mass is 9.81. The number of carbonyl (C=O) groups is 1. The van der Waals surface area contributed by atoms with Crippen molar-refractivity contribution < 1.29 is 9.53 Å². The Morgan fingerprint density at radius 2 is 1.77 bits per heavy atom. The average Bonchev–Trinajstić information content (AvgIpc) is 2.52. The Morgan fingerprint density at radius 1 is 1.18 bits per heavy atom. The minimum Gasteiger partial charge on any atom is -0.445 e. The van der Waals surface area contributed by atoms with Crippen molar-refractivity contribution in [2.45, 2.75) is 41.4 Å². The molecule has 1 aromatic rings. The summed E-state index contributed by atoms with van der Waals surface area (Å²) in [5.41, 5.74) is 1.38. The van der Waals surface area contributed by atoms with Gasteiger partial charge in [-0.15, -0.1) is 0 Å². The van der Waals surface area contributed by atoms with Crippen molar-refractivity contribution in [1.29, 1.82) is 0 Å². The van der Waals surface area contributed by atoms with Crippen LogP contribution in [0.25, 0.3) is 0 Å². The third-order valence-electron chi connectivity index (χ3n) is 4.16. The van der Waals surface area contributed by atoms with E-state index in [4.69, 9.17) is 39.5 Å². The molecular weight excluding hydrogens is 345 g/mol. The lowest BCUT2D eigenvalue weighted by Crippen LogP contribution is -2.40. The molecule has 1 amide bonds. The highest BCUT2D eigenvalue weighted by molar-refractivity contribution is 6.67. The number of rotatable bonds is 3. The maximum absolute atomic E-state index is 12.0. The third kappa shape index (κ3) is 5.22. The van der Waals surface area contributed by atoms with Crippen LogP contribution in [0.1, 0.15) is 37.2 Å². The van der Waals surface area contributed by atoms with Crippen LogP contribution in [-0.4, -0.2) is 34.5 Å². The van der Waals surface area contributed by atoms with Gasteiger partial charge in [-0.2, -0.15) is 0 Å². The van der Waals surface area contributed by atoms with Gasteiger partial charge in [0.15, 0.2) is 0 Å². The van der Waals surface area contributed by atoms with Gasteiger partial charge in [0.25, 0.3) is 0 Å². The monoisotopic (exact) mass is 363 g/mol. The van der Waals surface area contributed by atoms with Crippen molar-refractivity contribution in [2.24, 2.45) is 0 Å². The number of benzene rings is 1. The number of amides is 1. The molecule has 22 heavy (non-hydrogen) atoms. The SMILES string of the molecule is CN(C(=O)OCC(Cl)(Cl)Cl)[C@H]1CC[C@H](c2ccccc2)CC1. The number of carbonyl (C=O) groups excluding carboxylic acids is 1. The van der Waals surface area contributed by atoms with Gasteiger partial charge in [-0.1, -0.05) is 65.1 Å². The third-order valence-corrected chi connectivity index (χ3v) is 4.49. The van der Waals surface area contributed by atoms with Crippen molar-refractivity contribution >= 4 is 40.9 Å². The Kier molecular flexibility index (Phi) is 6.25. The van der Waals surface area contributed by atoms with Gasteiger partial charge in [-0.25, -0.2) is 4.79 Å². The van der Waals surface area contributed by atoms with E-state index in [0.29, 0.717) is 5.92 Å². The molecule has 1 saturated carbocycles. The van der Waals surface area contributed by atoms with Gasteiger partial charge < -0.3 is 9.64 Å². The largest absolute Gasteiger partial charge is 0.445 e. The highest BCUT2D eigenvalue weighted by Crippen LogP contribution is 2.34. The van der Waals surface area contributed by atoms with E-state index < -0.39 is 9.89 Å².